The van der Waals surface area contributed by atoms with Crippen molar-refractivity contribution in [2.45, 2.75) is 189 Å². The lowest BCUT2D eigenvalue weighted by Crippen LogP contribution is -2.51. The van der Waals surface area contributed by atoms with Crippen LogP contribution >= 0.6 is 0 Å². The van der Waals surface area contributed by atoms with E-state index in [2.05, 4.69) is 52.9 Å². The van der Waals surface area contributed by atoms with Gasteiger partial charge in [0.05, 0.1) is 0 Å². The van der Waals surface area contributed by atoms with Crippen molar-refractivity contribution in [2.75, 3.05) is 26.2 Å². The summed E-state index contributed by atoms with van der Waals surface area (Å²) in [6.45, 7) is 22.3. The number of carbonyl (C=O) groups is 2. The summed E-state index contributed by atoms with van der Waals surface area (Å²) >= 11 is 0. The number of nitrogens with zero attached hydrogens (tertiary/aromatic N) is 1. The SMILES string of the molecule is CC[C@H](CC[C@@H](C)C1CCC2C3CC=C4CC(OC(=O)CCCC(=O)N(CCCCNCCC(C)N)CCC(C)N)CCC4(C)C3CCC21C)C(C)C. The highest BCUT2D eigenvalue weighted by molar-refractivity contribution is 5.77. The molecule has 3 fully saturated rings. The molecule has 0 aromatic carbocycles. The molecule has 5 N–H and O–H groups in total. The molecular weight excluding hydrogens is 657 g/mol. The second-order valence-electron chi connectivity index (χ2n) is 19.5. The normalized spacial score (nSPS) is 31.8. The van der Waals surface area contributed by atoms with Gasteiger partial charge in [0.1, 0.15) is 6.10 Å². The number of unbranched alkanes of at least 4 members (excludes halogenated alkanes) is 1. The number of nitrogens with one attached hydrogen (secondary N) is 1. The van der Waals surface area contributed by atoms with E-state index >= 15 is 0 Å². The van der Waals surface area contributed by atoms with E-state index in [1.807, 2.05) is 18.7 Å². The molecule has 4 aliphatic carbocycles. The first-order chi connectivity index (χ1) is 25.2. The number of hydrogen-bond donors (Lipinski definition) is 3. The number of fused-ring (bicyclic) bond motifs is 5. The van der Waals surface area contributed by atoms with Crippen molar-refractivity contribution in [3.63, 3.8) is 0 Å². The second kappa shape index (κ2) is 20.6. The number of carbonyl (C=O) groups excluding carboxylic acids is 2. The van der Waals surface area contributed by atoms with Crippen LogP contribution in [0.2, 0.25) is 0 Å². The standard InChI is InChI=1S/C46H84N4O3/c1-9-36(32(2)3)16-15-33(4)40-19-20-41-39-18-17-37-31-38(21-25-45(37,7)42(39)22-26-46(40,41)8)53-44(52)14-12-13-43(51)50(30-24-35(6)48)29-11-10-27-49-28-23-34(5)47/h17,32-36,38-42,49H,9-16,18-31,47-48H2,1-8H3/t33-,34?,35?,36-,38?,39?,40?,41?,42?,45?,46?/m1/s1. The topological polar surface area (TPSA) is 111 Å². The Bertz CT molecular complexity index is 1170. The van der Waals surface area contributed by atoms with Crippen LogP contribution in [0, 0.1) is 52.3 Å². The lowest BCUT2D eigenvalue weighted by Gasteiger charge is -2.58. The van der Waals surface area contributed by atoms with E-state index in [1.165, 1.54) is 51.4 Å². The van der Waals surface area contributed by atoms with Gasteiger partial charge in [-0.3, -0.25) is 9.59 Å². The summed E-state index contributed by atoms with van der Waals surface area (Å²) in [5, 5.41) is 3.45. The number of nitrogens with two attached hydrogens (primary N) is 2. The van der Waals surface area contributed by atoms with E-state index in [-0.39, 0.29) is 35.5 Å². The molecule has 0 heterocycles. The molecule has 4 rings (SSSR count). The fourth-order valence-corrected chi connectivity index (χ4v) is 11.9. The van der Waals surface area contributed by atoms with Gasteiger partial charge in [0.25, 0.3) is 0 Å². The Morgan fingerprint density at radius 2 is 1.62 bits per heavy atom. The number of ether oxygens (including phenoxy) is 1. The summed E-state index contributed by atoms with van der Waals surface area (Å²) in [5.41, 5.74) is 14.2. The van der Waals surface area contributed by atoms with E-state index < -0.39 is 0 Å². The third-order valence-corrected chi connectivity index (χ3v) is 15.4. The van der Waals surface area contributed by atoms with Gasteiger partial charge in [-0.15, -0.1) is 0 Å². The van der Waals surface area contributed by atoms with Gasteiger partial charge in [0.2, 0.25) is 5.91 Å². The molecule has 3 saturated carbocycles. The number of amides is 1. The molecule has 0 aromatic heterocycles. The first-order valence-corrected chi connectivity index (χ1v) is 22.6. The molecule has 11 atom stereocenters. The maximum Gasteiger partial charge on any atom is 0.306 e. The maximum absolute atomic E-state index is 13.2. The molecule has 1 amide bonds. The van der Waals surface area contributed by atoms with Crippen LogP contribution in [0.3, 0.4) is 0 Å². The largest absolute Gasteiger partial charge is 0.462 e. The Morgan fingerprint density at radius 1 is 0.868 bits per heavy atom. The first kappa shape index (κ1) is 44.3. The summed E-state index contributed by atoms with van der Waals surface area (Å²) in [7, 11) is 0. The summed E-state index contributed by atoms with van der Waals surface area (Å²) < 4.78 is 6.12. The molecule has 306 valence electrons. The highest BCUT2D eigenvalue weighted by atomic mass is 16.5. The van der Waals surface area contributed by atoms with Gasteiger partial charge in [0, 0.05) is 44.4 Å². The lowest BCUT2D eigenvalue weighted by atomic mass is 9.47. The number of allylic oxidation sites excluding steroid dienone is 1. The van der Waals surface area contributed by atoms with Gasteiger partial charge in [-0.05, 0) is 163 Å². The molecule has 0 bridgehead atoms. The molecule has 0 spiro atoms. The van der Waals surface area contributed by atoms with Gasteiger partial charge in [-0.1, -0.05) is 66.0 Å². The van der Waals surface area contributed by atoms with Gasteiger partial charge < -0.3 is 26.4 Å². The first-order valence-electron chi connectivity index (χ1n) is 22.6. The van der Waals surface area contributed by atoms with Crippen LogP contribution in [0.5, 0.6) is 0 Å². The van der Waals surface area contributed by atoms with Gasteiger partial charge in [-0.2, -0.15) is 0 Å². The Morgan fingerprint density at radius 3 is 2.32 bits per heavy atom. The van der Waals surface area contributed by atoms with Crippen molar-refractivity contribution in [1.29, 1.82) is 0 Å². The van der Waals surface area contributed by atoms with Crippen LogP contribution in [0.1, 0.15) is 171 Å². The fourth-order valence-electron chi connectivity index (χ4n) is 11.9. The highest BCUT2D eigenvalue weighted by Gasteiger charge is 2.59. The number of rotatable bonds is 22. The van der Waals surface area contributed by atoms with Crippen molar-refractivity contribution in [3.8, 4) is 0 Å². The van der Waals surface area contributed by atoms with Gasteiger partial charge in [0.15, 0.2) is 0 Å². The third kappa shape index (κ3) is 11.8. The van der Waals surface area contributed by atoms with Crippen molar-refractivity contribution >= 4 is 11.9 Å². The predicted molar refractivity (Wildman–Crippen MR) is 221 cm³/mol. The maximum atomic E-state index is 13.2. The van der Waals surface area contributed by atoms with Crippen LogP contribution in [-0.2, 0) is 14.3 Å². The Balaban J connectivity index is 1.23. The molecule has 0 aromatic rings. The average molecular weight is 741 g/mol. The fraction of sp³-hybridized carbons (Fsp3) is 0.913. The van der Waals surface area contributed by atoms with E-state index in [0.717, 1.165) is 106 Å². The minimum absolute atomic E-state index is 0.0263. The van der Waals surface area contributed by atoms with Gasteiger partial charge in [-0.25, -0.2) is 0 Å². The monoisotopic (exact) mass is 741 g/mol. The van der Waals surface area contributed by atoms with Crippen LogP contribution in [0.25, 0.3) is 0 Å². The summed E-state index contributed by atoms with van der Waals surface area (Å²) in [6, 6.07) is 0.274. The molecule has 7 nitrogen and oxygen atoms in total. The Hall–Kier alpha value is -1.44. The minimum atomic E-state index is -0.140. The molecule has 0 aliphatic heterocycles. The van der Waals surface area contributed by atoms with E-state index in [9.17, 15) is 9.59 Å². The summed E-state index contributed by atoms with van der Waals surface area (Å²) in [4.78, 5) is 28.2. The zero-order chi connectivity index (χ0) is 38.8. The molecule has 9 unspecified atom stereocenters. The Kier molecular flexibility index (Phi) is 17.2. The zero-order valence-electron chi connectivity index (χ0n) is 35.7. The predicted octanol–water partition coefficient (Wildman–Crippen LogP) is 9.42. The zero-order valence-corrected chi connectivity index (χ0v) is 35.7. The van der Waals surface area contributed by atoms with E-state index in [0.29, 0.717) is 31.2 Å². The molecule has 0 radical (unpaired) electrons. The van der Waals surface area contributed by atoms with Crippen LogP contribution in [0.4, 0.5) is 0 Å². The van der Waals surface area contributed by atoms with Gasteiger partial charge >= 0.3 is 5.97 Å². The smallest absolute Gasteiger partial charge is 0.306 e. The van der Waals surface area contributed by atoms with Crippen LogP contribution in [-0.4, -0.2) is 61.1 Å². The lowest BCUT2D eigenvalue weighted by molar-refractivity contribution is -0.151. The third-order valence-electron chi connectivity index (χ3n) is 15.4. The molecular formula is C46H84N4O3. The molecule has 0 saturated heterocycles. The minimum Gasteiger partial charge on any atom is -0.462 e. The van der Waals surface area contributed by atoms with Crippen molar-refractivity contribution < 1.29 is 14.3 Å². The number of hydrogen-bond acceptors (Lipinski definition) is 6. The van der Waals surface area contributed by atoms with Crippen molar-refractivity contribution in [3.05, 3.63) is 11.6 Å². The van der Waals surface area contributed by atoms with Crippen LogP contribution in [0.15, 0.2) is 11.6 Å². The Labute approximate surface area is 326 Å². The number of esters is 1. The quantitative estimate of drug-likeness (QED) is 0.0580. The van der Waals surface area contributed by atoms with E-state index in [1.54, 1.807) is 5.57 Å². The average Bonchev–Trinajstić information content (AvgIpc) is 3.46. The summed E-state index contributed by atoms with van der Waals surface area (Å²) in [6.07, 6.45) is 21.5. The molecule has 7 heteroatoms. The molecule has 4 aliphatic rings. The second-order valence-corrected chi connectivity index (χ2v) is 19.5. The summed E-state index contributed by atoms with van der Waals surface area (Å²) in [5.74, 6) is 5.79. The highest BCUT2D eigenvalue weighted by Crippen LogP contribution is 2.67. The molecule has 53 heavy (non-hydrogen) atoms. The van der Waals surface area contributed by atoms with E-state index in [4.69, 9.17) is 16.2 Å². The van der Waals surface area contributed by atoms with Crippen LogP contribution < -0.4 is 16.8 Å². The van der Waals surface area contributed by atoms with Crippen molar-refractivity contribution in [1.82, 2.24) is 10.2 Å². The van der Waals surface area contributed by atoms with Crippen molar-refractivity contribution in [2.24, 2.45) is 63.7 Å².